The minimum absolute atomic E-state index is 0.212. The third-order valence-corrected chi connectivity index (χ3v) is 2.24. The number of ether oxygens (including phenoxy) is 2. The van der Waals surface area contributed by atoms with E-state index >= 15 is 0 Å². The van der Waals surface area contributed by atoms with E-state index in [1.54, 1.807) is 19.2 Å². The lowest BCUT2D eigenvalue weighted by atomic mass is 10.1. The van der Waals surface area contributed by atoms with Gasteiger partial charge in [-0.25, -0.2) is 4.39 Å². The van der Waals surface area contributed by atoms with Gasteiger partial charge in [-0.2, -0.15) is 0 Å². The van der Waals surface area contributed by atoms with Gasteiger partial charge in [0, 0.05) is 32.4 Å². The highest BCUT2D eigenvalue weighted by molar-refractivity contribution is 5.24. The van der Waals surface area contributed by atoms with E-state index < -0.39 is 0 Å². The van der Waals surface area contributed by atoms with E-state index in [0.717, 1.165) is 12.0 Å². The van der Waals surface area contributed by atoms with Gasteiger partial charge >= 0.3 is 0 Å². The summed E-state index contributed by atoms with van der Waals surface area (Å²) in [7, 11) is 1.66. The number of halogens is 1. The van der Waals surface area contributed by atoms with Crippen LogP contribution < -0.4 is 5.73 Å². The lowest BCUT2D eigenvalue weighted by Crippen LogP contribution is -2.03. The first-order chi connectivity index (χ1) is 7.77. The molecule has 1 rings (SSSR count). The van der Waals surface area contributed by atoms with Gasteiger partial charge < -0.3 is 15.2 Å². The summed E-state index contributed by atoms with van der Waals surface area (Å²) in [5, 5.41) is 0. The molecule has 1 aromatic rings. The van der Waals surface area contributed by atoms with Crippen LogP contribution in [0.25, 0.3) is 0 Å². The molecule has 0 aliphatic carbocycles. The molecule has 0 atom stereocenters. The van der Waals surface area contributed by atoms with Crippen molar-refractivity contribution in [2.45, 2.75) is 19.6 Å². The van der Waals surface area contributed by atoms with E-state index in [0.29, 0.717) is 25.4 Å². The van der Waals surface area contributed by atoms with Gasteiger partial charge in [0.2, 0.25) is 0 Å². The summed E-state index contributed by atoms with van der Waals surface area (Å²) >= 11 is 0. The molecular weight excluding hydrogens is 209 g/mol. The van der Waals surface area contributed by atoms with Crippen molar-refractivity contribution in [1.82, 2.24) is 0 Å². The molecule has 0 radical (unpaired) electrons. The topological polar surface area (TPSA) is 44.5 Å². The maximum absolute atomic E-state index is 13.1. The molecule has 1 aromatic carbocycles. The minimum Gasteiger partial charge on any atom is -0.385 e. The molecule has 0 aliphatic rings. The maximum Gasteiger partial charge on any atom is 0.127 e. The molecule has 16 heavy (non-hydrogen) atoms. The zero-order chi connectivity index (χ0) is 11.8. The molecule has 0 aliphatic heterocycles. The Bertz CT molecular complexity index is 318. The van der Waals surface area contributed by atoms with E-state index in [2.05, 4.69) is 0 Å². The van der Waals surface area contributed by atoms with Crippen LogP contribution >= 0.6 is 0 Å². The number of hydrogen-bond donors (Lipinski definition) is 1. The van der Waals surface area contributed by atoms with Crippen LogP contribution in [0.3, 0.4) is 0 Å². The van der Waals surface area contributed by atoms with Crippen molar-refractivity contribution >= 4 is 0 Å². The fourth-order valence-electron chi connectivity index (χ4n) is 1.37. The first-order valence-corrected chi connectivity index (χ1v) is 5.32. The Hall–Kier alpha value is -0.970. The Labute approximate surface area is 95.4 Å². The predicted octanol–water partition coefficient (Wildman–Crippen LogP) is 1.84. The molecule has 0 heterocycles. The average molecular weight is 227 g/mol. The van der Waals surface area contributed by atoms with Crippen molar-refractivity contribution in [2.75, 3.05) is 20.3 Å². The van der Waals surface area contributed by atoms with Crippen LogP contribution in [-0.4, -0.2) is 20.3 Å². The molecule has 0 aromatic heterocycles. The summed E-state index contributed by atoms with van der Waals surface area (Å²) in [6.45, 7) is 2.03. The summed E-state index contributed by atoms with van der Waals surface area (Å²) in [6.07, 6.45) is 0.863. The van der Waals surface area contributed by atoms with Crippen LogP contribution in [0, 0.1) is 5.82 Å². The number of hydrogen-bond acceptors (Lipinski definition) is 3. The van der Waals surface area contributed by atoms with Crippen molar-refractivity contribution in [3.8, 4) is 0 Å². The molecule has 3 nitrogen and oxygen atoms in total. The third kappa shape index (κ3) is 4.26. The maximum atomic E-state index is 13.1. The summed E-state index contributed by atoms with van der Waals surface area (Å²) in [5.74, 6) is -0.259. The van der Waals surface area contributed by atoms with E-state index in [4.69, 9.17) is 15.2 Å². The van der Waals surface area contributed by atoms with E-state index in [-0.39, 0.29) is 12.4 Å². The van der Waals surface area contributed by atoms with E-state index in [9.17, 15) is 4.39 Å². The molecule has 0 saturated carbocycles. The van der Waals surface area contributed by atoms with Gasteiger partial charge in [-0.3, -0.25) is 0 Å². The molecule has 0 amide bonds. The fraction of sp³-hybridized carbons (Fsp3) is 0.500. The van der Waals surface area contributed by atoms with Crippen LogP contribution in [0.4, 0.5) is 4.39 Å². The van der Waals surface area contributed by atoms with Crippen molar-refractivity contribution in [3.63, 3.8) is 0 Å². The largest absolute Gasteiger partial charge is 0.385 e. The first-order valence-electron chi connectivity index (χ1n) is 5.32. The van der Waals surface area contributed by atoms with E-state index in [1.807, 2.05) is 0 Å². The average Bonchev–Trinajstić information content (AvgIpc) is 2.31. The van der Waals surface area contributed by atoms with Gasteiger partial charge in [-0.05, 0) is 24.1 Å². The fourth-order valence-corrected chi connectivity index (χ4v) is 1.37. The molecule has 4 heteroatoms. The predicted molar refractivity (Wildman–Crippen MR) is 60.4 cm³/mol. The molecule has 0 saturated heterocycles. The van der Waals surface area contributed by atoms with Crippen molar-refractivity contribution in [1.29, 1.82) is 0 Å². The third-order valence-electron chi connectivity index (χ3n) is 2.24. The zero-order valence-corrected chi connectivity index (χ0v) is 9.54. The Morgan fingerprint density at radius 1 is 1.31 bits per heavy atom. The molecule has 0 bridgehead atoms. The minimum atomic E-state index is -0.259. The molecule has 0 unspecified atom stereocenters. The van der Waals surface area contributed by atoms with Gasteiger partial charge in [0.15, 0.2) is 0 Å². The zero-order valence-electron chi connectivity index (χ0n) is 9.54. The number of benzene rings is 1. The quantitative estimate of drug-likeness (QED) is 0.723. The number of nitrogens with two attached hydrogens (primary N) is 1. The molecule has 0 fully saturated rings. The Morgan fingerprint density at radius 2 is 2.12 bits per heavy atom. The summed E-state index contributed by atoms with van der Waals surface area (Å²) in [6, 6.07) is 4.88. The highest BCUT2D eigenvalue weighted by Gasteiger charge is 2.01. The lowest BCUT2D eigenvalue weighted by molar-refractivity contribution is 0.0928. The van der Waals surface area contributed by atoms with Crippen LogP contribution in [0.15, 0.2) is 18.2 Å². The van der Waals surface area contributed by atoms with Gasteiger partial charge in [0.1, 0.15) is 5.82 Å². The van der Waals surface area contributed by atoms with Gasteiger partial charge in [-0.15, -0.1) is 0 Å². The molecule has 90 valence electrons. The highest BCUT2D eigenvalue weighted by atomic mass is 19.1. The van der Waals surface area contributed by atoms with Crippen LogP contribution in [0.2, 0.25) is 0 Å². The first kappa shape index (κ1) is 13.1. The smallest absolute Gasteiger partial charge is 0.127 e. The normalized spacial score (nSPS) is 10.7. The Morgan fingerprint density at radius 3 is 2.81 bits per heavy atom. The summed E-state index contributed by atoms with van der Waals surface area (Å²) < 4.78 is 23.4. The monoisotopic (exact) mass is 227 g/mol. The van der Waals surface area contributed by atoms with Crippen LogP contribution in [0.5, 0.6) is 0 Å². The highest BCUT2D eigenvalue weighted by Crippen LogP contribution is 2.10. The standard InChI is InChI=1S/C12H18FNO2/c1-15-5-2-6-16-9-10-3-4-12(13)11(7-10)8-14/h3-4,7H,2,5-6,8-9,14H2,1H3. The van der Waals surface area contributed by atoms with Gasteiger partial charge in [0.25, 0.3) is 0 Å². The van der Waals surface area contributed by atoms with Crippen molar-refractivity contribution < 1.29 is 13.9 Å². The molecular formula is C12H18FNO2. The van der Waals surface area contributed by atoms with Crippen LogP contribution in [0.1, 0.15) is 17.5 Å². The summed E-state index contributed by atoms with van der Waals surface area (Å²) in [5.41, 5.74) is 6.89. The Kier molecular flexibility index (Phi) is 6.00. The van der Waals surface area contributed by atoms with Crippen molar-refractivity contribution in [3.05, 3.63) is 35.1 Å². The molecule has 2 N–H and O–H groups in total. The molecule has 0 spiro atoms. The van der Waals surface area contributed by atoms with Crippen molar-refractivity contribution in [2.24, 2.45) is 5.73 Å². The van der Waals surface area contributed by atoms with Gasteiger partial charge in [0.05, 0.1) is 6.61 Å². The van der Waals surface area contributed by atoms with Crippen LogP contribution in [-0.2, 0) is 22.6 Å². The number of methoxy groups -OCH3 is 1. The Balaban J connectivity index is 2.36. The summed E-state index contributed by atoms with van der Waals surface area (Å²) in [4.78, 5) is 0. The second-order valence-corrected chi connectivity index (χ2v) is 3.53. The van der Waals surface area contributed by atoms with E-state index in [1.165, 1.54) is 6.07 Å². The second kappa shape index (κ2) is 7.33. The second-order valence-electron chi connectivity index (χ2n) is 3.53. The number of rotatable bonds is 7. The lowest BCUT2D eigenvalue weighted by Gasteiger charge is -2.06. The SMILES string of the molecule is COCCCOCc1ccc(F)c(CN)c1. The van der Waals surface area contributed by atoms with Gasteiger partial charge in [-0.1, -0.05) is 6.07 Å².